The molecule has 0 radical (unpaired) electrons. The van der Waals surface area contributed by atoms with Crippen LogP contribution in [0.5, 0.6) is 0 Å². The molecular formula is C30H33FN2O3S. The largest absolute Gasteiger partial charge is 0.481 e. The van der Waals surface area contributed by atoms with Crippen LogP contribution in [0.2, 0.25) is 0 Å². The van der Waals surface area contributed by atoms with Crippen molar-refractivity contribution in [2.75, 3.05) is 10.6 Å². The highest BCUT2D eigenvalue weighted by molar-refractivity contribution is 7.99. The molecule has 1 aliphatic heterocycles. The molecule has 194 valence electrons. The molecule has 0 fully saturated rings. The number of nitrogens with zero attached hydrogens (tertiary/aromatic N) is 2. The Balaban J connectivity index is 0.000000695. The van der Waals surface area contributed by atoms with Crippen LogP contribution in [0.1, 0.15) is 54.2 Å². The van der Waals surface area contributed by atoms with Crippen LogP contribution < -0.4 is 4.31 Å². The maximum atomic E-state index is 15.2. The lowest BCUT2D eigenvalue weighted by Crippen LogP contribution is -2.23. The second-order valence-electron chi connectivity index (χ2n) is 10.2. The third kappa shape index (κ3) is 5.98. The third-order valence-electron chi connectivity index (χ3n) is 6.12. The van der Waals surface area contributed by atoms with Gasteiger partial charge >= 0.3 is 5.97 Å². The average molecular weight is 521 g/mol. The number of hydrogen-bond acceptors (Lipinski definition) is 5. The number of aliphatic hydroxyl groups is 1. The number of aryl methyl sites for hydroxylation is 1. The van der Waals surface area contributed by atoms with Crippen molar-refractivity contribution >= 4 is 23.6 Å². The normalized spacial score (nSPS) is 12.2. The van der Waals surface area contributed by atoms with Gasteiger partial charge in [0.1, 0.15) is 5.82 Å². The number of fused-ring (bicyclic) bond motifs is 3. The fourth-order valence-corrected chi connectivity index (χ4v) is 5.42. The minimum atomic E-state index is -0.947. The van der Waals surface area contributed by atoms with Crippen LogP contribution in [0, 0.1) is 37.9 Å². The fourth-order valence-electron chi connectivity index (χ4n) is 4.74. The van der Waals surface area contributed by atoms with E-state index in [-0.39, 0.29) is 12.2 Å². The molecule has 3 aromatic carbocycles. The molecule has 3 aromatic rings. The topological polar surface area (TPSA) is 84.6 Å². The van der Waals surface area contributed by atoms with Crippen molar-refractivity contribution in [2.24, 2.45) is 0 Å². The van der Waals surface area contributed by atoms with Gasteiger partial charge in [-0.05, 0) is 87.1 Å². The van der Waals surface area contributed by atoms with Crippen molar-refractivity contribution in [3.63, 3.8) is 0 Å². The molecule has 0 aromatic heterocycles. The van der Waals surface area contributed by atoms with Crippen molar-refractivity contribution in [1.29, 1.82) is 5.26 Å². The number of halogens is 1. The number of aliphatic carboxylic acids is 1. The first-order chi connectivity index (χ1) is 17.3. The lowest BCUT2D eigenvalue weighted by molar-refractivity contribution is -0.136. The minimum Gasteiger partial charge on any atom is -0.481 e. The van der Waals surface area contributed by atoms with Gasteiger partial charge < -0.3 is 14.5 Å². The first kappa shape index (κ1) is 28.2. The molecule has 0 spiro atoms. The van der Waals surface area contributed by atoms with Crippen LogP contribution in [-0.2, 0) is 17.8 Å². The van der Waals surface area contributed by atoms with E-state index in [1.54, 1.807) is 32.9 Å². The highest BCUT2D eigenvalue weighted by Gasteiger charge is 2.32. The van der Waals surface area contributed by atoms with Crippen LogP contribution >= 0.6 is 11.9 Å². The first-order valence-electron chi connectivity index (χ1n) is 12.0. The first-order valence-corrected chi connectivity index (χ1v) is 13.2. The molecule has 5 nitrogen and oxygen atoms in total. The van der Waals surface area contributed by atoms with Gasteiger partial charge in [0.05, 0.1) is 35.9 Å². The van der Waals surface area contributed by atoms with Crippen LogP contribution in [0.25, 0.3) is 22.3 Å². The van der Waals surface area contributed by atoms with Gasteiger partial charge in [0.2, 0.25) is 0 Å². The summed E-state index contributed by atoms with van der Waals surface area (Å²) in [4.78, 5) is 11.9. The summed E-state index contributed by atoms with van der Waals surface area (Å²) in [7, 11) is 0. The van der Waals surface area contributed by atoms with Crippen LogP contribution in [0.15, 0.2) is 36.4 Å². The zero-order valence-corrected chi connectivity index (χ0v) is 23.2. The van der Waals surface area contributed by atoms with Gasteiger partial charge in [-0.3, -0.25) is 4.79 Å². The molecule has 0 atom stereocenters. The van der Waals surface area contributed by atoms with E-state index < -0.39 is 11.6 Å². The minimum absolute atomic E-state index is 0.180. The van der Waals surface area contributed by atoms with Crippen molar-refractivity contribution in [1.82, 2.24) is 0 Å². The Morgan fingerprint density at radius 2 is 1.76 bits per heavy atom. The number of hydrogen-bond donors (Lipinski definition) is 2. The summed E-state index contributed by atoms with van der Waals surface area (Å²) in [5, 5.41) is 28.1. The Bertz CT molecular complexity index is 1400. The zero-order chi connectivity index (χ0) is 27.7. The Hall–Kier alpha value is -3.34. The molecule has 1 aliphatic rings. The highest BCUT2D eigenvalue weighted by Crippen LogP contribution is 2.51. The lowest BCUT2D eigenvalue weighted by atomic mass is 9.80. The van der Waals surface area contributed by atoms with Crippen molar-refractivity contribution < 1.29 is 19.4 Å². The number of carboxylic acids is 1. The van der Waals surface area contributed by atoms with E-state index in [9.17, 15) is 15.2 Å². The molecule has 4 rings (SSSR count). The standard InChI is InChI=1S/C26H23FN2O2S.C4H10O/c1-14-8-9-19(18(10-14)12-28)23-16(3)24-25-17(6-5-7-21(25)27)13-29(32-4)26(24)15(2)20(23)11-22(30)31;1-4(2,3)5/h5-10H,11,13H2,1-4H3,(H,30,31);5H,1-3H3. The predicted octanol–water partition coefficient (Wildman–Crippen LogP) is 6.96. The number of carboxylic acid groups (broad SMARTS) is 1. The third-order valence-corrected chi connectivity index (χ3v) is 6.88. The van der Waals surface area contributed by atoms with Crippen LogP contribution in [-0.4, -0.2) is 28.0 Å². The maximum absolute atomic E-state index is 15.2. The summed E-state index contributed by atoms with van der Waals surface area (Å²) < 4.78 is 17.3. The molecule has 2 N–H and O–H groups in total. The molecule has 0 saturated heterocycles. The number of nitriles is 1. The zero-order valence-electron chi connectivity index (χ0n) is 22.4. The Kier molecular flexibility index (Phi) is 8.36. The second kappa shape index (κ2) is 11.0. The molecule has 0 bridgehead atoms. The molecule has 0 amide bonds. The Morgan fingerprint density at radius 1 is 1.11 bits per heavy atom. The number of carbonyl (C=O) groups is 1. The SMILES string of the molecule is CC(C)(C)O.CSN1Cc2cccc(F)c2-c2c(C)c(-c3ccc(C)cc3C#N)c(CC(=O)O)c(C)c21. The Morgan fingerprint density at radius 3 is 2.32 bits per heavy atom. The maximum Gasteiger partial charge on any atom is 0.307 e. The molecule has 0 aliphatic carbocycles. The summed E-state index contributed by atoms with van der Waals surface area (Å²) >= 11 is 1.53. The monoisotopic (exact) mass is 520 g/mol. The van der Waals surface area contributed by atoms with E-state index >= 15 is 4.39 Å². The van der Waals surface area contributed by atoms with E-state index in [0.717, 1.165) is 33.5 Å². The van der Waals surface area contributed by atoms with E-state index in [0.29, 0.717) is 34.4 Å². The van der Waals surface area contributed by atoms with Gasteiger partial charge in [0, 0.05) is 22.9 Å². The molecule has 1 heterocycles. The fraction of sp³-hybridized carbons (Fsp3) is 0.333. The summed E-state index contributed by atoms with van der Waals surface area (Å²) in [6.07, 6.45) is 1.78. The lowest BCUT2D eigenvalue weighted by Gasteiger charge is -2.36. The predicted molar refractivity (Wildman–Crippen MR) is 149 cm³/mol. The molecular weight excluding hydrogens is 487 g/mol. The van der Waals surface area contributed by atoms with Gasteiger partial charge in [-0.25, -0.2) is 4.39 Å². The van der Waals surface area contributed by atoms with E-state index in [1.165, 1.54) is 18.0 Å². The summed E-state index contributed by atoms with van der Waals surface area (Å²) in [5.74, 6) is -1.24. The summed E-state index contributed by atoms with van der Waals surface area (Å²) in [6, 6.07) is 12.9. The average Bonchev–Trinajstić information content (AvgIpc) is 2.80. The van der Waals surface area contributed by atoms with Gasteiger partial charge in [-0.15, -0.1) is 0 Å². The van der Waals surface area contributed by atoms with Gasteiger partial charge in [0.15, 0.2) is 0 Å². The number of benzene rings is 3. The number of anilines is 1. The summed E-state index contributed by atoms with van der Waals surface area (Å²) in [5.41, 5.74) is 7.61. The van der Waals surface area contributed by atoms with Crippen molar-refractivity contribution in [3.8, 4) is 28.3 Å². The van der Waals surface area contributed by atoms with Crippen LogP contribution in [0.4, 0.5) is 10.1 Å². The molecule has 0 saturated carbocycles. The second-order valence-corrected chi connectivity index (χ2v) is 11.0. The smallest absolute Gasteiger partial charge is 0.307 e. The van der Waals surface area contributed by atoms with E-state index in [1.807, 2.05) is 45.2 Å². The number of rotatable bonds is 4. The van der Waals surface area contributed by atoms with E-state index in [2.05, 4.69) is 10.4 Å². The summed E-state index contributed by atoms with van der Waals surface area (Å²) in [6.45, 7) is 11.5. The van der Waals surface area contributed by atoms with Gasteiger partial charge in [0.25, 0.3) is 0 Å². The van der Waals surface area contributed by atoms with E-state index in [4.69, 9.17) is 5.11 Å². The van der Waals surface area contributed by atoms with Crippen molar-refractivity contribution in [3.05, 3.63) is 75.6 Å². The van der Waals surface area contributed by atoms with Gasteiger partial charge in [-0.1, -0.05) is 36.2 Å². The quantitative estimate of drug-likeness (QED) is 0.362. The van der Waals surface area contributed by atoms with Crippen LogP contribution in [0.3, 0.4) is 0 Å². The Labute approximate surface area is 222 Å². The molecule has 37 heavy (non-hydrogen) atoms. The molecule has 7 heteroatoms. The molecule has 0 unspecified atom stereocenters. The van der Waals surface area contributed by atoms with Crippen molar-refractivity contribution in [2.45, 2.75) is 60.1 Å². The van der Waals surface area contributed by atoms with Gasteiger partial charge in [-0.2, -0.15) is 5.26 Å². The highest BCUT2D eigenvalue weighted by atomic mass is 32.2.